The van der Waals surface area contributed by atoms with E-state index in [4.69, 9.17) is 4.74 Å². The molecular formula is C27H26N2O3. The van der Waals surface area contributed by atoms with E-state index in [2.05, 4.69) is 0 Å². The van der Waals surface area contributed by atoms with Gasteiger partial charge in [-0.25, -0.2) is 0 Å². The van der Waals surface area contributed by atoms with Crippen molar-refractivity contribution >= 4 is 16.8 Å². The van der Waals surface area contributed by atoms with Crippen LogP contribution in [0.1, 0.15) is 28.4 Å². The number of benzene rings is 3. The molecule has 32 heavy (non-hydrogen) atoms. The number of fused-ring (bicyclic) bond motifs is 1. The number of amides is 1. The number of carbonyl (C=O) groups excluding carboxylic acids is 1. The second kappa shape index (κ2) is 9.52. The number of rotatable bonds is 7. The SMILES string of the molecule is CCn1cc(C(=O)N(Cc2ccccc2)Cc2ccccc2)c(=O)c2cc(OC)ccc21. The van der Waals surface area contributed by atoms with E-state index in [0.29, 0.717) is 30.8 Å². The lowest BCUT2D eigenvalue weighted by molar-refractivity contribution is 0.0728. The lowest BCUT2D eigenvalue weighted by atomic mass is 10.1. The number of carbonyl (C=O) groups is 1. The topological polar surface area (TPSA) is 51.5 Å². The summed E-state index contributed by atoms with van der Waals surface area (Å²) in [7, 11) is 1.57. The van der Waals surface area contributed by atoms with Crippen molar-refractivity contribution in [3.05, 3.63) is 112 Å². The molecule has 0 radical (unpaired) electrons. The predicted molar refractivity (Wildman–Crippen MR) is 127 cm³/mol. The maximum Gasteiger partial charge on any atom is 0.259 e. The van der Waals surface area contributed by atoms with Crippen LogP contribution in [0.15, 0.2) is 89.9 Å². The predicted octanol–water partition coefficient (Wildman–Crippen LogP) is 4.87. The van der Waals surface area contributed by atoms with Crippen molar-refractivity contribution in [3.63, 3.8) is 0 Å². The van der Waals surface area contributed by atoms with Crippen molar-refractivity contribution in [2.45, 2.75) is 26.6 Å². The van der Waals surface area contributed by atoms with Crippen LogP contribution in [0.25, 0.3) is 10.9 Å². The zero-order valence-corrected chi connectivity index (χ0v) is 18.3. The first-order valence-corrected chi connectivity index (χ1v) is 10.7. The van der Waals surface area contributed by atoms with Crippen molar-refractivity contribution in [3.8, 4) is 5.75 Å². The summed E-state index contributed by atoms with van der Waals surface area (Å²) in [6.07, 6.45) is 1.68. The van der Waals surface area contributed by atoms with Crippen molar-refractivity contribution in [1.82, 2.24) is 9.47 Å². The minimum Gasteiger partial charge on any atom is -0.497 e. The van der Waals surface area contributed by atoms with Gasteiger partial charge in [-0.2, -0.15) is 0 Å². The Labute approximate surface area is 187 Å². The highest BCUT2D eigenvalue weighted by molar-refractivity contribution is 5.97. The summed E-state index contributed by atoms with van der Waals surface area (Å²) >= 11 is 0. The summed E-state index contributed by atoms with van der Waals surface area (Å²) in [6, 6.07) is 25.0. The Bertz CT molecular complexity index is 1240. The third kappa shape index (κ3) is 4.42. The molecule has 0 atom stereocenters. The van der Waals surface area contributed by atoms with Crippen LogP contribution in [0.3, 0.4) is 0 Å². The largest absolute Gasteiger partial charge is 0.497 e. The van der Waals surface area contributed by atoms with Gasteiger partial charge in [-0.1, -0.05) is 60.7 Å². The second-order valence-electron chi connectivity index (χ2n) is 7.67. The van der Waals surface area contributed by atoms with E-state index >= 15 is 0 Å². The van der Waals surface area contributed by atoms with Crippen LogP contribution in [-0.2, 0) is 19.6 Å². The molecule has 0 saturated heterocycles. The summed E-state index contributed by atoms with van der Waals surface area (Å²) < 4.78 is 7.25. The Balaban J connectivity index is 1.80. The molecule has 3 aromatic carbocycles. The summed E-state index contributed by atoms with van der Waals surface area (Å²) in [4.78, 5) is 28.9. The van der Waals surface area contributed by atoms with E-state index in [0.717, 1.165) is 16.6 Å². The minimum atomic E-state index is -0.283. The molecule has 1 amide bonds. The second-order valence-corrected chi connectivity index (χ2v) is 7.67. The van der Waals surface area contributed by atoms with Crippen LogP contribution in [0.2, 0.25) is 0 Å². The fourth-order valence-corrected chi connectivity index (χ4v) is 3.89. The number of hydrogen-bond acceptors (Lipinski definition) is 3. The van der Waals surface area contributed by atoms with Gasteiger partial charge in [0.2, 0.25) is 5.43 Å². The first-order valence-electron chi connectivity index (χ1n) is 10.7. The molecule has 0 aliphatic carbocycles. The van der Waals surface area contributed by atoms with Crippen LogP contribution in [0.4, 0.5) is 0 Å². The maximum atomic E-state index is 13.7. The number of aromatic nitrogens is 1. The van der Waals surface area contributed by atoms with E-state index in [1.54, 1.807) is 24.3 Å². The van der Waals surface area contributed by atoms with Gasteiger partial charge in [0.05, 0.1) is 18.0 Å². The van der Waals surface area contributed by atoms with Gasteiger partial charge in [0, 0.05) is 25.8 Å². The Morgan fingerprint density at radius 1 is 0.906 bits per heavy atom. The number of ether oxygens (including phenoxy) is 1. The van der Waals surface area contributed by atoms with Crippen molar-refractivity contribution in [2.75, 3.05) is 7.11 Å². The van der Waals surface area contributed by atoms with Crippen LogP contribution in [0.5, 0.6) is 5.75 Å². The van der Waals surface area contributed by atoms with Gasteiger partial charge in [-0.05, 0) is 36.2 Å². The highest BCUT2D eigenvalue weighted by atomic mass is 16.5. The molecule has 0 unspecified atom stereocenters. The van der Waals surface area contributed by atoms with Gasteiger partial charge >= 0.3 is 0 Å². The molecule has 162 valence electrons. The summed E-state index contributed by atoms with van der Waals surface area (Å²) in [6.45, 7) is 3.46. The standard InChI is InChI=1S/C27H26N2O3/c1-3-28-19-24(26(30)23-16-22(32-2)14-15-25(23)28)27(31)29(17-20-10-6-4-7-11-20)18-21-12-8-5-9-13-21/h4-16,19H,3,17-18H2,1-2H3. The molecule has 0 aliphatic rings. The molecule has 0 aliphatic heterocycles. The van der Waals surface area contributed by atoms with E-state index in [1.807, 2.05) is 84.3 Å². The monoisotopic (exact) mass is 426 g/mol. The number of nitrogens with zero attached hydrogens (tertiary/aromatic N) is 2. The highest BCUT2D eigenvalue weighted by Gasteiger charge is 2.22. The Kier molecular flexibility index (Phi) is 6.36. The van der Waals surface area contributed by atoms with Gasteiger partial charge in [0.15, 0.2) is 0 Å². The van der Waals surface area contributed by atoms with Gasteiger partial charge in [0.1, 0.15) is 11.3 Å². The molecule has 4 rings (SSSR count). The first-order chi connectivity index (χ1) is 15.6. The van der Waals surface area contributed by atoms with Gasteiger partial charge in [0.25, 0.3) is 5.91 Å². The Morgan fingerprint density at radius 3 is 2.03 bits per heavy atom. The molecule has 1 aromatic heterocycles. The smallest absolute Gasteiger partial charge is 0.259 e. The zero-order chi connectivity index (χ0) is 22.5. The van der Waals surface area contributed by atoms with Crippen molar-refractivity contribution in [2.24, 2.45) is 0 Å². The average molecular weight is 427 g/mol. The molecule has 0 spiro atoms. The highest BCUT2D eigenvalue weighted by Crippen LogP contribution is 2.20. The normalized spacial score (nSPS) is 10.8. The fraction of sp³-hybridized carbons (Fsp3) is 0.185. The summed E-state index contributed by atoms with van der Waals surface area (Å²) in [5.41, 5.74) is 2.69. The quantitative estimate of drug-likeness (QED) is 0.424. The van der Waals surface area contributed by atoms with Crippen LogP contribution in [-0.4, -0.2) is 22.5 Å². The lowest BCUT2D eigenvalue weighted by Gasteiger charge is -2.24. The summed E-state index contributed by atoms with van der Waals surface area (Å²) in [5.74, 6) is 0.307. The molecule has 5 nitrogen and oxygen atoms in total. The Hall–Kier alpha value is -3.86. The Morgan fingerprint density at radius 2 is 1.50 bits per heavy atom. The van der Waals surface area contributed by atoms with E-state index in [1.165, 1.54) is 0 Å². The third-order valence-electron chi connectivity index (χ3n) is 5.58. The maximum absolute atomic E-state index is 13.7. The third-order valence-corrected chi connectivity index (χ3v) is 5.58. The fourth-order valence-electron chi connectivity index (χ4n) is 3.89. The zero-order valence-electron chi connectivity index (χ0n) is 18.3. The van der Waals surface area contributed by atoms with Crippen molar-refractivity contribution in [1.29, 1.82) is 0 Å². The molecule has 0 N–H and O–H groups in total. The van der Waals surface area contributed by atoms with Crippen molar-refractivity contribution < 1.29 is 9.53 Å². The first kappa shape index (κ1) is 21.4. The molecule has 0 fully saturated rings. The van der Waals surface area contributed by atoms with E-state index in [9.17, 15) is 9.59 Å². The number of methoxy groups -OCH3 is 1. The molecule has 5 heteroatoms. The average Bonchev–Trinajstić information content (AvgIpc) is 2.84. The van der Waals surface area contributed by atoms with Gasteiger partial charge in [-0.3, -0.25) is 9.59 Å². The number of aryl methyl sites for hydroxylation is 1. The summed E-state index contributed by atoms with van der Waals surface area (Å²) in [5, 5.41) is 0.483. The molecular weight excluding hydrogens is 400 g/mol. The molecule has 4 aromatic rings. The van der Waals surface area contributed by atoms with E-state index < -0.39 is 0 Å². The minimum absolute atomic E-state index is 0.166. The van der Waals surface area contributed by atoms with Crippen LogP contribution in [0, 0.1) is 0 Å². The van der Waals surface area contributed by atoms with Crippen LogP contribution >= 0.6 is 0 Å². The van der Waals surface area contributed by atoms with Gasteiger partial charge in [-0.15, -0.1) is 0 Å². The molecule has 0 bridgehead atoms. The number of pyridine rings is 1. The van der Waals surface area contributed by atoms with E-state index in [-0.39, 0.29) is 16.9 Å². The number of hydrogen-bond donors (Lipinski definition) is 0. The lowest BCUT2D eigenvalue weighted by Crippen LogP contribution is -2.34. The van der Waals surface area contributed by atoms with Gasteiger partial charge < -0.3 is 14.2 Å². The van der Waals surface area contributed by atoms with Crippen LogP contribution < -0.4 is 10.2 Å². The molecule has 1 heterocycles. The molecule has 0 saturated carbocycles.